The highest BCUT2D eigenvalue weighted by Gasteiger charge is 2.47. The molecule has 1 nitrogen and oxygen atoms in total. The molecule has 0 heterocycles. The van der Waals surface area contributed by atoms with Gasteiger partial charge in [0.2, 0.25) is 0 Å². The van der Waals surface area contributed by atoms with Crippen molar-refractivity contribution in [2.24, 2.45) is 29.6 Å². The normalized spacial score (nSPS) is 44.0. The molecule has 3 rings (SSSR count). The Morgan fingerprint density at radius 1 is 0.724 bits per heavy atom. The van der Waals surface area contributed by atoms with E-state index in [4.69, 9.17) is 4.74 Å². The first kappa shape index (κ1) is 23.4. The summed E-state index contributed by atoms with van der Waals surface area (Å²) >= 11 is 0. The van der Waals surface area contributed by atoms with E-state index >= 15 is 4.39 Å². The number of alkyl halides is 3. The average Bonchev–Trinajstić information content (AvgIpc) is 2.72. The third-order valence-corrected chi connectivity index (χ3v) is 8.42. The molecule has 7 unspecified atom stereocenters. The molecule has 29 heavy (non-hydrogen) atoms. The molecule has 3 aliphatic rings. The van der Waals surface area contributed by atoms with Gasteiger partial charge in [-0.05, 0) is 81.5 Å². The Hall–Kier alpha value is -0.250. The predicted molar refractivity (Wildman–Crippen MR) is 113 cm³/mol. The second-order valence-electron chi connectivity index (χ2n) is 10.2. The fraction of sp³-hybridized carbons (Fsp3) is 1.00. The molecule has 0 aromatic rings. The highest BCUT2D eigenvalue weighted by Crippen LogP contribution is 2.48. The van der Waals surface area contributed by atoms with Gasteiger partial charge in [-0.15, -0.1) is 0 Å². The Bertz CT molecular complexity index is 465. The van der Waals surface area contributed by atoms with Crippen LogP contribution in [0.15, 0.2) is 0 Å². The summed E-state index contributed by atoms with van der Waals surface area (Å²) in [6.07, 6.45) is 9.07. The van der Waals surface area contributed by atoms with Gasteiger partial charge in [0.15, 0.2) is 6.17 Å². The van der Waals surface area contributed by atoms with E-state index < -0.39 is 24.6 Å². The molecular weight excluding hydrogens is 373 g/mol. The largest absolute Gasteiger partial charge is 0.375 e. The fourth-order valence-electron chi connectivity index (χ4n) is 6.68. The van der Waals surface area contributed by atoms with Gasteiger partial charge in [0.1, 0.15) is 12.3 Å². The van der Waals surface area contributed by atoms with Crippen molar-refractivity contribution in [1.29, 1.82) is 0 Å². The van der Waals surface area contributed by atoms with E-state index in [1.807, 2.05) is 6.92 Å². The second-order valence-corrected chi connectivity index (χ2v) is 10.2. The van der Waals surface area contributed by atoms with Crippen LogP contribution in [0.1, 0.15) is 97.3 Å². The third kappa shape index (κ3) is 5.92. The fourth-order valence-corrected chi connectivity index (χ4v) is 6.68. The highest BCUT2D eigenvalue weighted by atomic mass is 19.2. The number of hydrogen-bond donors (Lipinski definition) is 0. The van der Waals surface area contributed by atoms with Crippen LogP contribution in [0.2, 0.25) is 0 Å². The van der Waals surface area contributed by atoms with Crippen molar-refractivity contribution in [3.63, 3.8) is 0 Å². The SMILES string of the molecule is CCCCCC1CCC(C2CCC(C3CCC(OCC)C(F)C3F)CC2F)CC1. The summed E-state index contributed by atoms with van der Waals surface area (Å²) in [5, 5.41) is 0. The maximum atomic E-state index is 15.2. The minimum Gasteiger partial charge on any atom is -0.375 e. The van der Waals surface area contributed by atoms with Crippen molar-refractivity contribution in [2.45, 2.75) is 122 Å². The van der Waals surface area contributed by atoms with Crippen molar-refractivity contribution in [3.05, 3.63) is 0 Å². The number of unbranched alkanes of at least 4 members (excludes halogenated alkanes) is 2. The average molecular weight is 417 g/mol. The van der Waals surface area contributed by atoms with Crippen LogP contribution < -0.4 is 0 Å². The van der Waals surface area contributed by atoms with Crippen LogP contribution in [0.4, 0.5) is 13.2 Å². The van der Waals surface area contributed by atoms with E-state index in [0.29, 0.717) is 31.8 Å². The first-order valence-electron chi connectivity index (χ1n) is 12.6. The van der Waals surface area contributed by atoms with E-state index in [-0.39, 0.29) is 17.8 Å². The molecule has 0 aromatic carbocycles. The smallest absolute Gasteiger partial charge is 0.157 e. The van der Waals surface area contributed by atoms with Gasteiger partial charge in [0.05, 0.1) is 6.10 Å². The van der Waals surface area contributed by atoms with Crippen LogP contribution in [0.25, 0.3) is 0 Å². The predicted octanol–water partition coefficient (Wildman–Crippen LogP) is 7.62. The van der Waals surface area contributed by atoms with E-state index in [0.717, 1.165) is 18.8 Å². The summed E-state index contributed by atoms with van der Waals surface area (Å²) in [7, 11) is 0. The molecule has 0 saturated heterocycles. The van der Waals surface area contributed by atoms with Crippen LogP contribution >= 0.6 is 0 Å². The molecule has 0 bridgehead atoms. The molecule has 3 saturated carbocycles. The molecule has 0 radical (unpaired) electrons. The molecule has 170 valence electrons. The zero-order chi connectivity index (χ0) is 20.8. The van der Waals surface area contributed by atoms with Crippen LogP contribution in [0.3, 0.4) is 0 Å². The van der Waals surface area contributed by atoms with Gasteiger partial charge in [0, 0.05) is 6.61 Å². The summed E-state index contributed by atoms with van der Waals surface area (Å²) in [5.41, 5.74) is 0. The van der Waals surface area contributed by atoms with Crippen LogP contribution in [-0.2, 0) is 4.74 Å². The lowest BCUT2D eigenvalue weighted by Crippen LogP contribution is -2.47. The van der Waals surface area contributed by atoms with Crippen molar-refractivity contribution < 1.29 is 17.9 Å². The van der Waals surface area contributed by atoms with Crippen LogP contribution in [0, 0.1) is 29.6 Å². The minimum absolute atomic E-state index is 0.00228. The second kappa shape index (κ2) is 11.4. The molecule has 0 spiro atoms. The number of rotatable bonds is 8. The maximum absolute atomic E-state index is 15.2. The Morgan fingerprint density at radius 3 is 2.07 bits per heavy atom. The lowest BCUT2D eigenvalue weighted by molar-refractivity contribution is -0.0894. The van der Waals surface area contributed by atoms with Gasteiger partial charge in [-0.2, -0.15) is 0 Å². The summed E-state index contributed by atoms with van der Waals surface area (Å²) in [4.78, 5) is 0. The standard InChI is InChI=1S/C25H43F3O/c1-3-5-6-7-17-8-10-18(11-9-17)20-13-12-19(16-22(20)26)21-14-15-23(29-4-2)25(28)24(21)27/h17-25H,3-16H2,1-2H3. The number of halogens is 3. The summed E-state index contributed by atoms with van der Waals surface area (Å²) in [6.45, 7) is 4.48. The van der Waals surface area contributed by atoms with Crippen molar-refractivity contribution in [1.82, 2.24) is 0 Å². The van der Waals surface area contributed by atoms with Crippen LogP contribution in [0.5, 0.6) is 0 Å². The first-order valence-corrected chi connectivity index (χ1v) is 12.6. The van der Waals surface area contributed by atoms with Crippen LogP contribution in [-0.4, -0.2) is 31.2 Å². The zero-order valence-electron chi connectivity index (χ0n) is 18.6. The molecule has 0 aliphatic heterocycles. The number of hydrogen-bond acceptors (Lipinski definition) is 1. The van der Waals surface area contributed by atoms with Crippen molar-refractivity contribution in [3.8, 4) is 0 Å². The maximum Gasteiger partial charge on any atom is 0.157 e. The highest BCUT2D eigenvalue weighted by molar-refractivity contribution is 4.96. The summed E-state index contributed by atoms with van der Waals surface area (Å²) in [5.74, 6) is 1.19. The molecule has 4 heteroatoms. The Kier molecular flexibility index (Phi) is 9.20. The lowest BCUT2D eigenvalue weighted by atomic mass is 9.64. The molecule has 0 N–H and O–H groups in total. The van der Waals surface area contributed by atoms with Gasteiger partial charge in [-0.25, -0.2) is 13.2 Å². The van der Waals surface area contributed by atoms with E-state index in [9.17, 15) is 8.78 Å². The zero-order valence-corrected chi connectivity index (χ0v) is 18.6. The minimum atomic E-state index is -1.55. The third-order valence-electron chi connectivity index (χ3n) is 8.42. The monoisotopic (exact) mass is 416 g/mol. The van der Waals surface area contributed by atoms with Gasteiger partial charge >= 0.3 is 0 Å². The molecule has 3 fully saturated rings. The van der Waals surface area contributed by atoms with Crippen molar-refractivity contribution in [2.75, 3.05) is 6.61 Å². The van der Waals surface area contributed by atoms with Gasteiger partial charge in [-0.1, -0.05) is 45.4 Å². The Labute approximate surface area is 176 Å². The van der Waals surface area contributed by atoms with E-state index in [1.165, 1.54) is 51.4 Å². The van der Waals surface area contributed by atoms with Gasteiger partial charge in [0.25, 0.3) is 0 Å². The first-order chi connectivity index (χ1) is 14.0. The quantitative estimate of drug-likeness (QED) is 0.370. The molecule has 3 aliphatic carbocycles. The molecular formula is C25H43F3O. The van der Waals surface area contributed by atoms with E-state index in [1.54, 1.807) is 0 Å². The van der Waals surface area contributed by atoms with Gasteiger partial charge < -0.3 is 4.74 Å². The summed E-state index contributed by atoms with van der Waals surface area (Å²) in [6, 6.07) is 0. The van der Waals surface area contributed by atoms with E-state index in [2.05, 4.69) is 6.92 Å². The molecule has 0 amide bonds. The molecule has 0 aromatic heterocycles. The molecule has 7 atom stereocenters. The summed E-state index contributed by atoms with van der Waals surface area (Å²) < 4.78 is 49.8. The van der Waals surface area contributed by atoms with Crippen molar-refractivity contribution >= 4 is 0 Å². The Balaban J connectivity index is 1.45. The topological polar surface area (TPSA) is 9.23 Å². The van der Waals surface area contributed by atoms with Gasteiger partial charge in [-0.3, -0.25) is 0 Å². The number of ether oxygens (including phenoxy) is 1. The lowest BCUT2D eigenvalue weighted by Gasteiger charge is -2.44. The Morgan fingerprint density at radius 2 is 1.41 bits per heavy atom.